The van der Waals surface area contributed by atoms with Gasteiger partial charge in [-0.2, -0.15) is 13.2 Å². The number of alkyl halides is 3. The van der Waals surface area contributed by atoms with Gasteiger partial charge in [0.15, 0.2) is 11.6 Å². The van der Waals surface area contributed by atoms with Crippen molar-refractivity contribution in [1.29, 1.82) is 0 Å². The van der Waals surface area contributed by atoms with Gasteiger partial charge in [-0.05, 0) is 36.2 Å². The molecule has 2 N–H and O–H groups in total. The third-order valence-corrected chi connectivity index (χ3v) is 5.84. The Kier molecular flexibility index (Phi) is 6.28. The Morgan fingerprint density at radius 3 is 2.65 bits per heavy atom. The number of nitrogens with one attached hydrogen (secondary N) is 2. The fraction of sp³-hybridized carbons (Fsp3) is 0.240. The maximum Gasteiger partial charge on any atom is 0.417 e. The van der Waals surface area contributed by atoms with Crippen molar-refractivity contribution >= 4 is 23.2 Å². The van der Waals surface area contributed by atoms with E-state index in [9.17, 15) is 22.8 Å². The second-order valence-electron chi connectivity index (χ2n) is 8.19. The number of ketones is 1. The van der Waals surface area contributed by atoms with Gasteiger partial charge in [0.2, 0.25) is 6.41 Å². The molecule has 0 bridgehead atoms. The number of likely N-dealkylation sites (N-methyl/N-ethyl adjacent to an activating group) is 1. The zero-order valence-corrected chi connectivity index (χ0v) is 18.6. The number of nitrogens with zero attached hydrogens (tertiary/aromatic N) is 2. The molecule has 2 heterocycles. The number of aromatic nitrogens is 3. The molecule has 0 radical (unpaired) electrons. The molecule has 0 spiro atoms. The molecular weight excluding hydrogens is 445 g/mol. The van der Waals surface area contributed by atoms with Gasteiger partial charge >= 0.3 is 6.18 Å². The maximum absolute atomic E-state index is 13.3. The molecule has 4 rings (SSSR count). The van der Waals surface area contributed by atoms with Gasteiger partial charge in [-0.1, -0.05) is 31.2 Å². The van der Waals surface area contributed by atoms with E-state index in [2.05, 4.69) is 21.9 Å². The standard InChI is InChI=1S/C25H23F3N4O2/c1-3-15(13-32(2)14-33)16-8-9-20-21(10-16)31-24(30-20)22-11-17(12-29-22)23(34)18-6-4-5-7-19(18)25(26,27)28/h4-12,14-15,29H,3,13H2,1-2H3,(H,30,31). The third kappa shape index (κ3) is 4.59. The van der Waals surface area contributed by atoms with Crippen molar-refractivity contribution in [1.82, 2.24) is 19.9 Å². The molecule has 4 aromatic rings. The van der Waals surface area contributed by atoms with E-state index in [1.165, 1.54) is 30.5 Å². The first-order valence-electron chi connectivity index (χ1n) is 10.8. The molecule has 0 aliphatic heterocycles. The summed E-state index contributed by atoms with van der Waals surface area (Å²) < 4.78 is 40.0. The van der Waals surface area contributed by atoms with Crippen molar-refractivity contribution < 1.29 is 22.8 Å². The van der Waals surface area contributed by atoms with E-state index in [1.807, 2.05) is 18.2 Å². The minimum absolute atomic E-state index is 0.107. The molecule has 176 valence electrons. The lowest BCUT2D eigenvalue weighted by Gasteiger charge is -2.20. The predicted octanol–water partition coefficient (Wildman–Crippen LogP) is 5.39. The highest BCUT2D eigenvalue weighted by Crippen LogP contribution is 2.33. The molecule has 1 unspecified atom stereocenters. The number of fused-ring (bicyclic) bond motifs is 1. The molecule has 2 aromatic heterocycles. The molecule has 0 saturated heterocycles. The Morgan fingerprint density at radius 2 is 1.94 bits per heavy atom. The molecule has 34 heavy (non-hydrogen) atoms. The summed E-state index contributed by atoms with van der Waals surface area (Å²) in [5.74, 6) is -0.0953. The lowest BCUT2D eigenvalue weighted by atomic mass is 9.95. The normalized spacial score (nSPS) is 12.6. The van der Waals surface area contributed by atoms with Gasteiger partial charge in [0.25, 0.3) is 0 Å². The number of hydrogen-bond donors (Lipinski definition) is 2. The second-order valence-corrected chi connectivity index (χ2v) is 8.19. The average molecular weight is 468 g/mol. The molecule has 1 amide bonds. The third-order valence-electron chi connectivity index (χ3n) is 5.84. The Hall–Kier alpha value is -3.88. The summed E-state index contributed by atoms with van der Waals surface area (Å²) in [4.78, 5) is 36.1. The van der Waals surface area contributed by atoms with Crippen LogP contribution in [0.4, 0.5) is 13.2 Å². The minimum Gasteiger partial charge on any atom is -0.358 e. The van der Waals surface area contributed by atoms with Gasteiger partial charge < -0.3 is 14.9 Å². The quantitative estimate of drug-likeness (QED) is 0.269. The van der Waals surface area contributed by atoms with Gasteiger partial charge in [-0.25, -0.2) is 4.98 Å². The summed E-state index contributed by atoms with van der Waals surface area (Å²) in [5.41, 5.74) is 1.77. The predicted molar refractivity (Wildman–Crippen MR) is 122 cm³/mol. The number of carbonyl (C=O) groups excluding carboxylic acids is 2. The summed E-state index contributed by atoms with van der Waals surface area (Å²) in [6.07, 6.45) is -1.59. The fourth-order valence-corrected chi connectivity index (χ4v) is 4.02. The van der Waals surface area contributed by atoms with E-state index in [1.54, 1.807) is 11.9 Å². The number of halogens is 3. The molecule has 1 atom stereocenters. The van der Waals surface area contributed by atoms with E-state index in [0.717, 1.165) is 30.0 Å². The number of aromatic amines is 2. The molecule has 0 fully saturated rings. The van der Waals surface area contributed by atoms with Crippen LogP contribution < -0.4 is 0 Å². The van der Waals surface area contributed by atoms with E-state index in [-0.39, 0.29) is 11.5 Å². The monoisotopic (exact) mass is 468 g/mol. The van der Waals surface area contributed by atoms with Crippen LogP contribution in [0.2, 0.25) is 0 Å². The SMILES string of the molecule is CCC(CN(C)C=O)c1ccc2nc(-c3cc(C(=O)c4ccccc4C(F)(F)F)c[nH]3)[nH]c2c1. The van der Waals surface area contributed by atoms with Crippen LogP contribution in [-0.4, -0.2) is 45.6 Å². The van der Waals surface area contributed by atoms with E-state index in [4.69, 9.17) is 0 Å². The van der Waals surface area contributed by atoms with Crippen LogP contribution >= 0.6 is 0 Å². The van der Waals surface area contributed by atoms with Crippen LogP contribution in [0, 0.1) is 0 Å². The van der Waals surface area contributed by atoms with Crippen molar-refractivity contribution in [2.75, 3.05) is 13.6 Å². The Labute approximate surface area is 193 Å². The molecule has 0 aliphatic carbocycles. The highest BCUT2D eigenvalue weighted by molar-refractivity contribution is 6.10. The van der Waals surface area contributed by atoms with E-state index in [0.29, 0.717) is 23.6 Å². The molecule has 6 nitrogen and oxygen atoms in total. The number of rotatable bonds is 8. The fourth-order valence-electron chi connectivity index (χ4n) is 4.02. The van der Waals surface area contributed by atoms with E-state index < -0.39 is 23.1 Å². The van der Waals surface area contributed by atoms with Crippen LogP contribution in [-0.2, 0) is 11.0 Å². The highest BCUT2D eigenvalue weighted by atomic mass is 19.4. The largest absolute Gasteiger partial charge is 0.417 e. The average Bonchev–Trinajstić information content (AvgIpc) is 3.48. The summed E-state index contributed by atoms with van der Waals surface area (Å²) in [6.45, 7) is 2.65. The Morgan fingerprint density at radius 1 is 1.18 bits per heavy atom. The summed E-state index contributed by atoms with van der Waals surface area (Å²) in [7, 11) is 1.74. The van der Waals surface area contributed by atoms with Gasteiger partial charge in [0, 0.05) is 36.8 Å². The lowest BCUT2D eigenvalue weighted by Crippen LogP contribution is -2.22. The van der Waals surface area contributed by atoms with Crippen molar-refractivity contribution in [2.45, 2.75) is 25.4 Å². The first-order chi connectivity index (χ1) is 16.2. The van der Waals surface area contributed by atoms with Crippen LogP contribution in [0.25, 0.3) is 22.6 Å². The van der Waals surface area contributed by atoms with Crippen LogP contribution in [0.15, 0.2) is 54.7 Å². The second kappa shape index (κ2) is 9.17. The van der Waals surface area contributed by atoms with Crippen molar-refractivity contribution in [2.24, 2.45) is 0 Å². The number of H-pyrrole nitrogens is 2. The molecule has 9 heteroatoms. The first-order valence-corrected chi connectivity index (χ1v) is 10.8. The summed E-state index contributed by atoms with van der Waals surface area (Å²) in [6, 6.07) is 12.0. The van der Waals surface area contributed by atoms with Crippen LogP contribution in [0.1, 0.15) is 46.3 Å². The summed E-state index contributed by atoms with van der Waals surface area (Å²) >= 11 is 0. The van der Waals surface area contributed by atoms with Gasteiger partial charge in [-0.15, -0.1) is 0 Å². The number of imidazole rings is 1. The molecule has 0 saturated carbocycles. The van der Waals surface area contributed by atoms with Gasteiger partial charge in [-0.3, -0.25) is 9.59 Å². The van der Waals surface area contributed by atoms with Crippen LogP contribution in [0.5, 0.6) is 0 Å². The highest BCUT2D eigenvalue weighted by Gasteiger charge is 2.35. The number of benzene rings is 2. The molecule has 2 aromatic carbocycles. The molecular formula is C25H23F3N4O2. The first kappa shape index (κ1) is 23.3. The van der Waals surface area contributed by atoms with Gasteiger partial charge in [0.1, 0.15) is 0 Å². The zero-order chi connectivity index (χ0) is 24.5. The maximum atomic E-state index is 13.3. The van der Waals surface area contributed by atoms with Crippen LogP contribution in [0.3, 0.4) is 0 Å². The zero-order valence-electron chi connectivity index (χ0n) is 18.6. The van der Waals surface area contributed by atoms with Crippen molar-refractivity contribution in [3.05, 3.63) is 77.0 Å². The summed E-state index contributed by atoms with van der Waals surface area (Å²) in [5, 5.41) is 0. The number of amides is 1. The number of hydrogen-bond acceptors (Lipinski definition) is 3. The smallest absolute Gasteiger partial charge is 0.358 e. The van der Waals surface area contributed by atoms with Gasteiger partial charge in [0.05, 0.1) is 22.3 Å². The van der Waals surface area contributed by atoms with Crippen molar-refractivity contribution in [3.63, 3.8) is 0 Å². The Balaban J connectivity index is 1.63. The topological polar surface area (TPSA) is 81.8 Å². The van der Waals surface area contributed by atoms with Crippen molar-refractivity contribution in [3.8, 4) is 11.5 Å². The number of carbonyl (C=O) groups is 2. The van der Waals surface area contributed by atoms with E-state index >= 15 is 0 Å². The lowest BCUT2D eigenvalue weighted by molar-refractivity contribution is -0.137. The minimum atomic E-state index is -4.63. The Bertz CT molecular complexity index is 1340. The molecule has 0 aliphatic rings.